The molecule has 230 valence electrons. The number of carbonyl (C=O) groups excluding carboxylic acids is 1. The van der Waals surface area contributed by atoms with E-state index >= 15 is 8.78 Å². The van der Waals surface area contributed by atoms with Gasteiger partial charge in [0.05, 0.1) is 22.8 Å². The van der Waals surface area contributed by atoms with E-state index in [2.05, 4.69) is 10.6 Å². The van der Waals surface area contributed by atoms with E-state index in [0.29, 0.717) is 24.9 Å². The molecule has 2 atom stereocenters. The predicted molar refractivity (Wildman–Crippen MR) is 161 cm³/mol. The molecule has 1 aliphatic carbocycles. The minimum Gasteiger partial charge on any atom is -0.488 e. The Balaban J connectivity index is 1.66. The van der Waals surface area contributed by atoms with Gasteiger partial charge in [-0.2, -0.15) is 0 Å². The van der Waals surface area contributed by atoms with Crippen LogP contribution in [0.4, 0.5) is 8.78 Å². The quantitative estimate of drug-likeness (QED) is 0.247. The fourth-order valence-electron chi connectivity index (χ4n) is 6.35. The van der Waals surface area contributed by atoms with Crippen LogP contribution in [0.15, 0.2) is 48.5 Å². The molecule has 1 heterocycles. The third kappa shape index (κ3) is 5.83. The van der Waals surface area contributed by atoms with Crippen LogP contribution >= 0.6 is 11.6 Å². The third-order valence-electron chi connectivity index (χ3n) is 8.80. The minimum atomic E-state index is -1.02. The number of hydrogen-bond acceptors (Lipinski definition) is 6. The van der Waals surface area contributed by atoms with Gasteiger partial charge in [0, 0.05) is 48.3 Å². The summed E-state index contributed by atoms with van der Waals surface area (Å²) < 4.78 is 43.9. The highest BCUT2D eigenvalue weighted by atomic mass is 35.5. The van der Waals surface area contributed by atoms with Gasteiger partial charge in [-0.1, -0.05) is 48.9 Å². The summed E-state index contributed by atoms with van der Waals surface area (Å²) in [4.78, 5) is 13.0. The van der Waals surface area contributed by atoms with Crippen molar-refractivity contribution in [3.05, 3.63) is 81.9 Å². The van der Waals surface area contributed by atoms with Crippen molar-refractivity contribution in [2.45, 2.75) is 62.7 Å². The van der Waals surface area contributed by atoms with Crippen LogP contribution in [0.2, 0.25) is 5.02 Å². The van der Waals surface area contributed by atoms with Gasteiger partial charge in [0.2, 0.25) is 0 Å². The van der Waals surface area contributed by atoms with Gasteiger partial charge in [0.1, 0.15) is 18.2 Å². The first-order valence-electron chi connectivity index (χ1n) is 14.5. The fourth-order valence-corrected chi connectivity index (χ4v) is 6.60. The maximum atomic E-state index is 16.3. The molecule has 0 spiro atoms. The van der Waals surface area contributed by atoms with Crippen molar-refractivity contribution in [2.75, 3.05) is 26.8 Å². The Morgan fingerprint density at radius 1 is 1.14 bits per heavy atom. The number of rotatable bonds is 9. The molecule has 0 bridgehead atoms. The smallest absolute Gasteiger partial charge is 0.251 e. The monoisotopic (exact) mass is 614 g/mol. The standard InChI is InChI=1S/C33H37ClF2N2O5/c1-19-26-25(43-33(19,20-7-5-4-6-8-20)18-38-21-11-13-32(2,41)14-12-21)17-23(35)29(34)28(26)27-22(31(40)37-3)9-10-24(30(27)36)42-16-15-39/h4-10,17,19,21,38-39,41H,11-16,18H2,1-3H3,(H,37,40)/t19-,21-,32-,33-/m0/s1. The van der Waals surface area contributed by atoms with Crippen molar-refractivity contribution in [2.24, 2.45) is 0 Å². The number of ether oxygens (including phenoxy) is 2. The minimum absolute atomic E-state index is 0.0150. The normalized spacial score (nSPS) is 24.7. The van der Waals surface area contributed by atoms with E-state index in [-0.39, 0.29) is 52.5 Å². The van der Waals surface area contributed by atoms with Crippen LogP contribution in [0.3, 0.4) is 0 Å². The van der Waals surface area contributed by atoms with Crippen molar-refractivity contribution < 1.29 is 33.3 Å². The number of aliphatic hydroxyl groups excluding tert-OH is 1. The molecule has 1 fully saturated rings. The van der Waals surface area contributed by atoms with Crippen molar-refractivity contribution in [3.8, 4) is 22.6 Å². The molecule has 4 N–H and O–H groups in total. The zero-order valence-electron chi connectivity index (χ0n) is 24.5. The van der Waals surface area contributed by atoms with E-state index in [1.807, 2.05) is 44.2 Å². The van der Waals surface area contributed by atoms with Crippen LogP contribution in [0.25, 0.3) is 11.1 Å². The fraction of sp³-hybridized carbons (Fsp3) is 0.424. The molecule has 5 rings (SSSR count). The van der Waals surface area contributed by atoms with Gasteiger partial charge in [0.15, 0.2) is 17.2 Å². The Labute approximate surface area is 255 Å². The van der Waals surface area contributed by atoms with Gasteiger partial charge in [-0.15, -0.1) is 0 Å². The average Bonchev–Trinajstić information content (AvgIpc) is 3.28. The number of benzene rings is 3. The zero-order chi connectivity index (χ0) is 30.9. The van der Waals surface area contributed by atoms with Crippen LogP contribution < -0.4 is 20.1 Å². The number of carbonyl (C=O) groups is 1. The summed E-state index contributed by atoms with van der Waals surface area (Å²) in [7, 11) is 1.42. The summed E-state index contributed by atoms with van der Waals surface area (Å²) in [6, 6.07) is 13.6. The maximum absolute atomic E-state index is 16.3. The van der Waals surface area contributed by atoms with Crippen LogP contribution in [-0.4, -0.2) is 54.6 Å². The molecule has 0 unspecified atom stereocenters. The lowest BCUT2D eigenvalue weighted by atomic mass is 9.77. The Morgan fingerprint density at radius 3 is 2.49 bits per heavy atom. The Bertz CT molecular complexity index is 1490. The van der Waals surface area contributed by atoms with E-state index in [1.165, 1.54) is 25.2 Å². The Kier molecular flexibility index (Phi) is 9.00. The summed E-state index contributed by atoms with van der Waals surface area (Å²) in [6.07, 6.45) is 2.90. The first-order valence-corrected chi connectivity index (χ1v) is 14.9. The van der Waals surface area contributed by atoms with Gasteiger partial charge >= 0.3 is 0 Å². The van der Waals surface area contributed by atoms with Gasteiger partial charge in [-0.3, -0.25) is 4.79 Å². The average molecular weight is 615 g/mol. The molecule has 1 aliphatic heterocycles. The highest BCUT2D eigenvalue weighted by Gasteiger charge is 2.50. The van der Waals surface area contributed by atoms with Gasteiger partial charge in [-0.25, -0.2) is 8.78 Å². The van der Waals surface area contributed by atoms with Crippen molar-refractivity contribution in [1.29, 1.82) is 0 Å². The van der Waals surface area contributed by atoms with Crippen LogP contribution in [0, 0.1) is 11.6 Å². The van der Waals surface area contributed by atoms with Crippen LogP contribution in [-0.2, 0) is 5.60 Å². The lowest BCUT2D eigenvalue weighted by molar-refractivity contribution is 0.00890. The second kappa shape index (κ2) is 12.4. The second-order valence-electron chi connectivity index (χ2n) is 11.6. The molecule has 1 amide bonds. The summed E-state index contributed by atoms with van der Waals surface area (Å²) in [6.45, 7) is 3.60. The molecule has 1 saturated carbocycles. The number of nitrogens with one attached hydrogen (secondary N) is 2. The van der Waals surface area contributed by atoms with E-state index < -0.39 is 34.7 Å². The van der Waals surface area contributed by atoms with Crippen molar-refractivity contribution >= 4 is 17.5 Å². The summed E-state index contributed by atoms with van der Waals surface area (Å²) in [5.41, 5.74) is -0.658. The number of halogens is 3. The van der Waals surface area contributed by atoms with Crippen LogP contribution in [0.5, 0.6) is 11.5 Å². The molecule has 3 aromatic carbocycles. The molecular formula is C33H37ClF2N2O5. The molecule has 3 aromatic rings. The Hall–Kier alpha value is -3.24. The Morgan fingerprint density at radius 2 is 1.84 bits per heavy atom. The van der Waals surface area contributed by atoms with Crippen LogP contribution in [0.1, 0.15) is 66.9 Å². The van der Waals surface area contributed by atoms with E-state index in [9.17, 15) is 15.0 Å². The van der Waals surface area contributed by atoms with Gasteiger partial charge < -0.3 is 30.3 Å². The highest BCUT2D eigenvalue weighted by molar-refractivity contribution is 6.34. The summed E-state index contributed by atoms with van der Waals surface area (Å²) in [5.74, 6) is -2.80. The topological polar surface area (TPSA) is 100 Å². The molecule has 0 aromatic heterocycles. The third-order valence-corrected chi connectivity index (χ3v) is 9.17. The SMILES string of the molecule is CNC(=O)c1ccc(OCCO)c(F)c1-c1c(Cl)c(F)cc2c1[C@H](C)[C@@](CN[C@H]1CC[C@](C)(O)CC1)(c1ccccc1)O2. The highest BCUT2D eigenvalue weighted by Crippen LogP contribution is 2.56. The molecule has 10 heteroatoms. The lowest BCUT2D eigenvalue weighted by Crippen LogP contribution is -2.49. The predicted octanol–water partition coefficient (Wildman–Crippen LogP) is 5.69. The van der Waals surface area contributed by atoms with Gasteiger partial charge in [-0.05, 0) is 50.3 Å². The van der Waals surface area contributed by atoms with E-state index in [0.717, 1.165) is 18.4 Å². The number of aliphatic hydroxyl groups is 2. The molecular weight excluding hydrogens is 578 g/mol. The first-order chi connectivity index (χ1) is 20.5. The van der Waals surface area contributed by atoms with E-state index in [4.69, 9.17) is 21.1 Å². The largest absolute Gasteiger partial charge is 0.488 e. The summed E-state index contributed by atoms with van der Waals surface area (Å²) in [5, 5.41) is 25.5. The molecule has 0 saturated heterocycles. The van der Waals surface area contributed by atoms with Gasteiger partial charge in [0.25, 0.3) is 5.91 Å². The summed E-state index contributed by atoms with van der Waals surface area (Å²) >= 11 is 6.64. The van der Waals surface area contributed by atoms with E-state index in [1.54, 1.807) is 0 Å². The first kappa shape index (κ1) is 31.2. The molecule has 7 nitrogen and oxygen atoms in total. The molecule has 0 radical (unpaired) electrons. The number of hydrogen-bond donors (Lipinski definition) is 4. The second-order valence-corrected chi connectivity index (χ2v) is 12.0. The molecule has 2 aliphatic rings. The lowest BCUT2D eigenvalue weighted by Gasteiger charge is -2.38. The maximum Gasteiger partial charge on any atom is 0.251 e. The van der Waals surface area contributed by atoms with Crippen molar-refractivity contribution in [1.82, 2.24) is 10.6 Å². The zero-order valence-corrected chi connectivity index (χ0v) is 25.2. The molecule has 43 heavy (non-hydrogen) atoms. The van der Waals surface area contributed by atoms with Crippen molar-refractivity contribution in [3.63, 3.8) is 0 Å². The number of fused-ring (bicyclic) bond motifs is 1. The number of amides is 1.